The third-order valence-electron chi connectivity index (χ3n) is 4.46. The molecule has 1 saturated heterocycles. The zero-order chi connectivity index (χ0) is 11.2. The molecule has 0 spiro atoms. The molecule has 0 amide bonds. The molecule has 0 aromatic heterocycles. The number of nitrogens with zero attached hydrogens (tertiary/aromatic N) is 1. The van der Waals surface area contributed by atoms with E-state index in [1.54, 1.807) is 0 Å². The van der Waals surface area contributed by atoms with Crippen LogP contribution in [0.15, 0.2) is 0 Å². The fraction of sp³-hybridized carbons (Fsp3) is 1.00. The zero-order valence-corrected chi connectivity index (χ0v) is 10.9. The molecule has 0 unspecified atom stereocenters. The molecule has 2 rings (SSSR count). The Morgan fingerprint density at radius 1 is 1.06 bits per heavy atom. The number of nitrogens with one attached hydrogen (secondary N) is 1. The van der Waals surface area contributed by atoms with Gasteiger partial charge in [0.05, 0.1) is 0 Å². The normalized spacial score (nSPS) is 31.3. The monoisotopic (exact) mass is 224 g/mol. The highest BCUT2D eigenvalue weighted by molar-refractivity contribution is 4.78. The van der Waals surface area contributed by atoms with Crippen molar-refractivity contribution in [3.63, 3.8) is 0 Å². The van der Waals surface area contributed by atoms with E-state index < -0.39 is 0 Å². The molecule has 2 heteroatoms. The maximum absolute atomic E-state index is 3.41. The fourth-order valence-corrected chi connectivity index (χ4v) is 3.15. The van der Waals surface area contributed by atoms with E-state index in [1.807, 2.05) is 0 Å². The maximum Gasteiger partial charge on any atom is 0.0107 e. The van der Waals surface area contributed by atoms with E-state index in [4.69, 9.17) is 0 Å². The molecule has 0 atom stereocenters. The van der Waals surface area contributed by atoms with Gasteiger partial charge in [-0.05, 0) is 37.6 Å². The van der Waals surface area contributed by atoms with Crippen molar-refractivity contribution < 1.29 is 0 Å². The number of hydrogen-bond donors (Lipinski definition) is 1. The third kappa shape index (κ3) is 3.74. The molecule has 1 aliphatic carbocycles. The van der Waals surface area contributed by atoms with E-state index in [-0.39, 0.29) is 0 Å². The molecule has 1 aliphatic heterocycles. The van der Waals surface area contributed by atoms with Crippen LogP contribution in [0.4, 0.5) is 0 Å². The van der Waals surface area contributed by atoms with E-state index in [0.29, 0.717) is 0 Å². The molecule has 0 aromatic rings. The number of piperazine rings is 1. The molecule has 16 heavy (non-hydrogen) atoms. The van der Waals surface area contributed by atoms with Crippen molar-refractivity contribution in [2.75, 3.05) is 32.7 Å². The van der Waals surface area contributed by atoms with Crippen molar-refractivity contribution in [1.29, 1.82) is 0 Å². The van der Waals surface area contributed by atoms with Crippen LogP contribution in [0.25, 0.3) is 0 Å². The first-order chi connectivity index (χ1) is 7.88. The van der Waals surface area contributed by atoms with E-state index in [1.165, 1.54) is 71.2 Å². The molecule has 1 heterocycles. The highest BCUT2D eigenvalue weighted by Crippen LogP contribution is 2.38. The van der Waals surface area contributed by atoms with Crippen LogP contribution in [0.5, 0.6) is 0 Å². The first-order valence-corrected chi connectivity index (χ1v) is 7.31. The average Bonchev–Trinajstić information content (AvgIpc) is 2.28. The Balaban J connectivity index is 1.43. The van der Waals surface area contributed by atoms with Crippen LogP contribution in [0.2, 0.25) is 0 Å². The second-order valence-electron chi connectivity index (χ2n) is 5.70. The van der Waals surface area contributed by atoms with E-state index in [2.05, 4.69) is 17.1 Å². The van der Waals surface area contributed by atoms with Crippen molar-refractivity contribution in [3.05, 3.63) is 0 Å². The molecule has 0 aromatic carbocycles. The van der Waals surface area contributed by atoms with Gasteiger partial charge in [-0.15, -0.1) is 0 Å². The Bertz CT molecular complexity index is 181. The van der Waals surface area contributed by atoms with Gasteiger partial charge in [-0.2, -0.15) is 0 Å². The van der Waals surface area contributed by atoms with Gasteiger partial charge in [0.25, 0.3) is 0 Å². The predicted octanol–water partition coefficient (Wildman–Crippen LogP) is 2.50. The SMILES string of the molecule is CCC1CC(CCCCN2CCNCC2)C1. The molecular formula is C14H28N2. The summed E-state index contributed by atoms with van der Waals surface area (Å²) in [6, 6.07) is 0. The minimum Gasteiger partial charge on any atom is -0.314 e. The van der Waals surface area contributed by atoms with Gasteiger partial charge in [-0.3, -0.25) is 0 Å². The van der Waals surface area contributed by atoms with Gasteiger partial charge in [0.2, 0.25) is 0 Å². The molecule has 0 radical (unpaired) electrons. The van der Waals surface area contributed by atoms with Crippen LogP contribution in [-0.4, -0.2) is 37.6 Å². The number of rotatable bonds is 6. The lowest BCUT2D eigenvalue weighted by molar-refractivity contribution is 0.168. The van der Waals surface area contributed by atoms with Gasteiger partial charge in [-0.25, -0.2) is 0 Å². The third-order valence-corrected chi connectivity index (χ3v) is 4.46. The first-order valence-electron chi connectivity index (χ1n) is 7.31. The molecule has 2 aliphatic rings. The number of unbranched alkanes of at least 4 members (excludes halogenated alkanes) is 1. The average molecular weight is 224 g/mol. The van der Waals surface area contributed by atoms with Crippen LogP contribution in [0, 0.1) is 11.8 Å². The van der Waals surface area contributed by atoms with Gasteiger partial charge in [0.1, 0.15) is 0 Å². The van der Waals surface area contributed by atoms with Crippen molar-refractivity contribution in [2.45, 2.75) is 45.4 Å². The highest BCUT2D eigenvalue weighted by Gasteiger charge is 2.26. The minimum absolute atomic E-state index is 1.08. The first kappa shape index (κ1) is 12.4. The molecule has 0 bridgehead atoms. The van der Waals surface area contributed by atoms with Gasteiger partial charge in [0.15, 0.2) is 0 Å². The summed E-state index contributed by atoms with van der Waals surface area (Å²) in [6.45, 7) is 8.60. The molecule has 2 nitrogen and oxygen atoms in total. The Morgan fingerprint density at radius 2 is 1.81 bits per heavy atom. The summed E-state index contributed by atoms with van der Waals surface area (Å²) in [7, 11) is 0. The van der Waals surface area contributed by atoms with E-state index in [9.17, 15) is 0 Å². The summed E-state index contributed by atoms with van der Waals surface area (Å²) in [5, 5.41) is 3.41. The largest absolute Gasteiger partial charge is 0.314 e. The van der Waals surface area contributed by atoms with Crippen molar-refractivity contribution >= 4 is 0 Å². The molecule has 2 fully saturated rings. The Morgan fingerprint density at radius 3 is 2.50 bits per heavy atom. The predicted molar refractivity (Wildman–Crippen MR) is 69.7 cm³/mol. The smallest absolute Gasteiger partial charge is 0.0107 e. The zero-order valence-electron chi connectivity index (χ0n) is 10.9. The summed E-state index contributed by atoms with van der Waals surface area (Å²) in [5.41, 5.74) is 0. The number of hydrogen-bond acceptors (Lipinski definition) is 2. The van der Waals surface area contributed by atoms with Crippen LogP contribution >= 0.6 is 0 Å². The van der Waals surface area contributed by atoms with Gasteiger partial charge in [-0.1, -0.05) is 26.2 Å². The highest BCUT2D eigenvalue weighted by atomic mass is 15.2. The van der Waals surface area contributed by atoms with Gasteiger partial charge in [0, 0.05) is 26.2 Å². The van der Waals surface area contributed by atoms with Crippen LogP contribution < -0.4 is 5.32 Å². The van der Waals surface area contributed by atoms with Gasteiger partial charge >= 0.3 is 0 Å². The van der Waals surface area contributed by atoms with Crippen molar-refractivity contribution in [1.82, 2.24) is 10.2 Å². The van der Waals surface area contributed by atoms with Crippen molar-refractivity contribution in [3.8, 4) is 0 Å². The van der Waals surface area contributed by atoms with Gasteiger partial charge < -0.3 is 10.2 Å². The Labute approximate surface area is 101 Å². The quantitative estimate of drug-likeness (QED) is 0.697. The lowest BCUT2D eigenvalue weighted by Crippen LogP contribution is -2.43. The lowest BCUT2D eigenvalue weighted by atomic mass is 9.71. The van der Waals surface area contributed by atoms with Crippen LogP contribution in [0.1, 0.15) is 45.4 Å². The summed E-state index contributed by atoms with van der Waals surface area (Å²) < 4.78 is 0. The standard InChI is InChI=1S/C14H28N2/c1-2-13-11-14(12-13)5-3-4-8-16-9-6-15-7-10-16/h13-15H,2-12H2,1H3. The minimum atomic E-state index is 1.08. The second-order valence-corrected chi connectivity index (χ2v) is 5.70. The van der Waals surface area contributed by atoms with Crippen molar-refractivity contribution in [2.24, 2.45) is 11.8 Å². The summed E-state index contributed by atoms with van der Waals surface area (Å²) >= 11 is 0. The topological polar surface area (TPSA) is 15.3 Å². The Kier molecular flexibility index (Phi) is 5.11. The maximum atomic E-state index is 3.41. The van der Waals surface area contributed by atoms with E-state index in [0.717, 1.165) is 11.8 Å². The Hall–Kier alpha value is -0.0800. The molecule has 1 N–H and O–H groups in total. The lowest BCUT2D eigenvalue weighted by Gasteiger charge is -2.35. The summed E-state index contributed by atoms with van der Waals surface area (Å²) in [4.78, 5) is 2.62. The second kappa shape index (κ2) is 6.61. The van der Waals surface area contributed by atoms with Crippen LogP contribution in [0.3, 0.4) is 0 Å². The fourth-order valence-electron chi connectivity index (χ4n) is 3.15. The molecular weight excluding hydrogens is 196 g/mol. The summed E-state index contributed by atoms with van der Waals surface area (Å²) in [6.07, 6.45) is 8.87. The summed E-state index contributed by atoms with van der Waals surface area (Å²) in [5.74, 6) is 2.17. The van der Waals surface area contributed by atoms with Crippen LogP contribution in [-0.2, 0) is 0 Å². The van der Waals surface area contributed by atoms with E-state index >= 15 is 0 Å². The molecule has 94 valence electrons. The molecule has 1 saturated carbocycles.